The molecule has 0 saturated heterocycles. The van der Waals surface area contributed by atoms with Crippen LogP contribution in [0.25, 0.3) is 0 Å². The van der Waals surface area contributed by atoms with Crippen molar-refractivity contribution < 1.29 is 4.74 Å². The summed E-state index contributed by atoms with van der Waals surface area (Å²) in [6, 6.07) is 9.25. The number of benzene rings is 1. The number of hydrazine groups is 1. The highest BCUT2D eigenvalue weighted by Gasteiger charge is 2.11. The molecule has 0 atom stereocenters. The van der Waals surface area contributed by atoms with Gasteiger partial charge in [-0.3, -0.25) is 0 Å². The van der Waals surface area contributed by atoms with E-state index in [2.05, 4.69) is 24.3 Å². The second-order valence-electron chi connectivity index (χ2n) is 4.90. The molecule has 0 fully saturated rings. The van der Waals surface area contributed by atoms with Gasteiger partial charge < -0.3 is 10.2 Å². The first kappa shape index (κ1) is 14.6. The fraction of sp³-hybridized carbons (Fsp3) is 0.267. The van der Waals surface area contributed by atoms with E-state index in [-0.39, 0.29) is 0 Å². The van der Waals surface area contributed by atoms with E-state index in [0.29, 0.717) is 17.6 Å². The molecular formula is C15H18ClN3O. The standard InChI is InChI=1S/C15H18ClN3O/c1-9(2)11-8-13(10(3)7-12(11)16)20-15-6-4-5-14(18-15)19-17/h4-9H,17H2,1-3H3,(H,18,19). The van der Waals surface area contributed by atoms with Crippen LogP contribution in [0, 0.1) is 6.92 Å². The molecule has 4 nitrogen and oxygen atoms in total. The normalized spacial score (nSPS) is 10.7. The number of nitrogen functional groups attached to an aromatic ring is 1. The van der Waals surface area contributed by atoms with Crippen molar-refractivity contribution in [1.82, 2.24) is 4.98 Å². The zero-order valence-electron chi connectivity index (χ0n) is 11.8. The highest BCUT2D eigenvalue weighted by molar-refractivity contribution is 6.31. The van der Waals surface area contributed by atoms with Gasteiger partial charge in [0.15, 0.2) is 0 Å². The molecule has 2 rings (SSSR count). The molecule has 1 heterocycles. The van der Waals surface area contributed by atoms with E-state index in [0.717, 1.165) is 21.9 Å². The van der Waals surface area contributed by atoms with E-state index >= 15 is 0 Å². The predicted octanol–water partition coefficient (Wildman–Crippen LogP) is 4.24. The first-order chi connectivity index (χ1) is 9.51. The lowest BCUT2D eigenvalue weighted by molar-refractivity contribution is 0.459. The summed E-state index contributed by atoms with van der Waals surface area (Å²) in [4.78, 5) is 4.23. The highest BCUT2D eigenvalue weighted by Crippen LogP contribution is 2.33. The van der Waals surface area contributed by atoms with Gasteiger partial charge in [-0.1, -0.05) is 31.5 Å². The zero-order chi connectivity index (χ0) is 14.7. The van der Waals surface area contributed by atoms with Crippen molar-refractivity contribution >= 4 is 17.4 Å². The Labute approximate surface area is 123 Å². The van der Waals surface area contributed by atoms with Crippen molar-refractivity contribution in [1.29, 1.82) is 0 Å². The van der Waals surface area contributed by atoms with E-state index in [1.807, 2.05) is 25.1 Å². The van der Waals surface area contributed by atoms with E-state index in [1.54, 1.807) is 12.1 Å². The lowest BCUT2D eigenvalue weighted by atomic mass is 10.0. The number of anilines is 1. The van der Waals surface area contributed by atoms with Crippen molar-refractivity contribution in [2.75, 3.05) is 5.43 Å². The average Bonchev–Trinajstić information content (AvgIpc) is 2.41. The van der Waals surface area contributed by atoms with E-state index in [1.165, 1.54) is 0 Å². The number of halogens is 1. The van der Waals surface area contributed by atoms with Crippen molar-refractivity contribution in [2.45, 2.75) is 26.7 Å². The van der Waals surface area contributed by atoms with Gasteiger partial charge in [-0.2, -0.15) is 4.98 Å². The molecule has 0 unspecified atom stereocenters. The Balaban J connectivity index is 2.35. The Morgan fingerprint density at radius 1 is 1.30 bits per heavy atom. The van der Waals surface area contributed by atoms with Crippen molar-refractivity contribution in [3.05, 3.63) is 46.5 Å². The molecule has 3 N–H and O–H groups in total. The molecule has 0 amide bonds. The van der Waals surface area contributed by atoms with Gasteiger partial charge in [0.25, 0.3) is 0 Å². The molecule has 1 aromatic carbocycles. The van der Waals surface area contributed by atoms with Crippen molar-refractivity contribution in [3.8, 4) is 11.6 Å². The minimum atomic E-state index is 0.329. The third-order valence-electron chi connectivity index (χ3n) is 3.00. The smallest absolute Gasteiger partial charge is 0.221 e. The largest absolute Gasteiger partial charge is 0.439 e. The molecule has 0 radical (unpaired) electrons. The summed E-state index contributed by atoms with van der Waals surface area (Å²) < 4.78 is 5.83. The SMILES string of the molecule is Cc1cc(Cl)c(C(C)C)cc1Oc1cccc(NN)n1. The fourth-order valence-corrected chi connectivity index (χ4v) is 2.32. The molecule has 20 heavy (non-hydrogen) atoms. The number of hydrogen-bond acceptors (Lipinski definition) is 4. The van der Waals surface area contributed by atoms with Crippen LogP contribution in [0.15, 0.2) is 30.3 Å². The van der Waals surface area contributed by atoms with E-state index in [4.69, 9.17) is 22.2 Å². The number of aryl methyl sites for hydroxylation is 1. The monoisotopic (exact) mass is 291 g/mol. The van der Waals surface area contributed by atoms with Crippen LogP contribution in [-0.2, 0) is 0 Å². The van der Waals surface area contributed by atoms with Gasteiger partial charge in [-0.15, -0.1) is 0 Å². The minimum Gasteiger partial charge on any atom is -0.439 e. The number of nitrogens with one attached hydrogen (secondary N) is 1. The number of nitrogens with two attached hydrogens (primary N) is 1. The minimum absolute atomic E-state index is 0.329. The molecule has 5 heteroatoms. The van der Waals surface area contributed by atoms with Crippen LogP contribution >= 0.6 is 11.6 Å². The summed E-state index contributed by atoms with van der Waals surface area (Å²) in [6.45, 7) is 6.14. The number of pyridine rings is 1. The molecule has 1 aromatic heterocycles. The Morgan fingerprint density at radius 2 is 2.05 bits per heavy atom. The van der Waals surface area contributed by atoms with Gasteiger partial charge in [0.1, 0.15) is 11.6 Å². The molecule has 0 saturated carbocycles. The maximum absolute atomic E-state index is 6.25. The number of aromatic nitrogens is 1. The molecular weight excluding hydrogens is 274 g/mol. The Hall–Kier alpha value is -1.78. The highest BCUT2D eigenvalue weighted by atomic mass is 35.5. The number of nitrogens with zero attached hydrogens (tertiary/aromatic N) is 1. The summed E-state index contributed by atoms with van der Waals surface area (Å²) in [6.07, 6.45) is 0. The molecule has 0 aliphatic rings. The second-order valence-corrected chi connectivity index (χ2v) is 5.31. The lowest BCUT2D eigenvalue weighted by Gasteiger charge is -2.14. The topological polar surface area (TPSA) is 60.2 Å². The van der Waals surface area contributed by atoms with Gasteiger partial charge in [0, 0.05) is 11.1 Å². The van der Waals surface area contributed by atoms with Gasteiger partial charge in [-0.05, 0) is 42.2 Å². The van der Waals surface area contributed by atoms with Crippen molar-refractivity contribution in [3.63, 3.8) is 0 Å². The Bertz CT molecular complexity index is 614. The number of ether oxygens (including phenoxy) is 1. The van der Waals surface area contributed by atoms with E-state index in [9.17, 15) is 0 Å². The molecule has 0 bridgehead atoms. The molecule has 106 valence electrons. The van der Waals surface area contributed by atoms with Gasteiger partial charge in [0.05, 0.1) is 0 Å². The summed E-state index contributed by atoms with van der Waals surface area (Å²) >= 11 is 6.25. The maximum atomic E-state index is 6.25. The number of hydrogen-bond donors (Lipinski definition) is 2. The van der Waals surface area contributed by atoms with Gasteiger partial charge in [0.2, 0.25) is 5.88 Å². The third-order valence-corrected chi connectivity index (χ3v) is 3.33. The van der Waals surface area contributed by atoms with Gasteiger partial charge in [-0.25, -0.2) is 5.84 Å². The summed E-state index contributed by atoms with van der Waals surface area (Å²) in [7, 11) is 0. The van der Waals surface area contributed by atoms with Crippen molar-refractivity contribution in [2.24, 2.45) is 5.84 Å². The molecule has 0 aliphatic heterocycles. The lowest BCUT2D eigenvalue weighted by Crippen LogP contribution is -2.08. The quantitative estimate of drug-likeness (QED) is 0.653. The zero-order valence-corrected chi connectivity index (χ0v) is 12.5. The molecule has 0 spiro atoms. The van der Waals surface area contributed by atoms with Gasteiger partial charge >= 0.3 is 0 Å². The third kappa shape index (κ3) is 3.21. The van der Waals surface area contributed by atoms with Crippen LogP contribution in [0.3, 0.4) is 0 Å². The van der Waals surface area contributed by atoms with Crippen LogP contribution < -0.4 is 16.0 Å². The van der Waals surface area contributed by atoms with Crippen LogP contribution in [0.4, 0.5) is 5.82 Å². The maximum Gasteiger partial charge on any atom is 0.221 e. The Morgan fingerprint density at radius 3 is 2.70 bits per heavy atom. The number of rotatable bonds is 4. The summed E-state index contributed by atoms with van der Waals surface area (Å²) in [5.74, 6) is 7.46. The summed E-state index contributed by atoms with van der Waals surface area (Å²) in [5.41, 5.74) is 4.52. The van der Waals surface area contributed by atoms with Crippen LogP contribution in [0.5, 0.6) is 11.6 Å². The molecule has 2 aromatic rings. The average molecular weight is 292 g/mol. The van der Waals surface area contributed by atoms with Crippen LogP contribution in [0.1, 0.15) is 30.9 Å². The first-order valence-electron chi connectivity index (χ1n) is 6.43. The second kappa shape index (κ2) is 6.11. The first-order valence-corrected chi connectivity index (χ1v) is 6.80. The van der Waals surface area contributed by atoms with Crippen LogP contribution in [-0.4, -0.2) is 4.98 Å². The predicted molar refractivity (Wildman–Crippen MR) is 82.4 cm³/mol. The molecule has 0 aliphatic carbocycles. The summed E-state index contributed by atoms with van der Waals surface area (Å²) in [5, 5.41) is 0.759. The Kier molecular flexibility index (Phi) is 4.47. The fourth-order valence-electron chi connectivity index (χ4n) is 1.89. The van der Waals surface area contributed by atoms with E-state index < -0.39 is 0 Å². The van der Waals surface area contributed by atoms with Crippen LogP contribution in [0.2, 0.25) is 5.02 Å².